The first-order chi connectivity index (χ1) is 13.7. The van der Waals surface area contributed by atoms with Gasteiger partial charge >= 0.3 is 0 Å². The Morgan fingerprint density at radius 2 is 1.90 bits per heavy atom. The maximum absolute atomic E-state index is 12.8. The predicted molar refractivity (Wildman–Crippen MR) is 112 cm³/mol. The molecule has 0 saturated carbocycles. The number of nitrogens with one attached hydrogen (secondary N) is 1. The molecule has 1 atom stereocenters. The zero-order chi connectivity index (χ0) is 21.6. The van der Waals surface area contributed by atoms with Crippen molar-refractivity contribution in [2.75, 3.05) is 27.3 Å². The third kappa shape index (κ3) is 5.62. The lowest BCUT2D eigenvalue weighted by atomic mass is 10.1. The van der Waals surface area contributed by atoms with Crippen LogP contribution in [0.15, 0.2) is 47.4 Å². The van der Waals surface area contributed by atoms with Crippen molar-refractivity contribution in [3.8, 4) is 11.5 Å². The van der Waals surface area contributed by atoms with E-state index in [1.54, 1.807) is 27.0 Å². The summed E-state index contributed by atoms with van der Waals surface area (Å²) in [7, 11) is -1.00. The Balaban J connectivity index is 2.09. The van der Waals surface area contributed by atoms with Crippen molar-refractivity contribution in [1.82, 2.24) is 9.62 Å². The largest absolute Gasteiger partial charge is 0.496 e. The molecule has 0 fully saturated rings. The van der Waals surface area contributed by atoms with E-state index in [9.17, 15) is 13.2 Å². The van der Waals surface area contributed by atoms with Gasteiger partial charge in [-0.2, -0.15) is 4.31 Å². The number of hydrogen-bond donors (Lipinski definition) is 1. The third-order valence-electron chi connectivity index (χ3n) is 4.26. The van der Waals surface area contributed by atoms with Crippen molar-refractivity contribution in [3.63, 3.8) is 0 Å². The summed E-state index contributed by atoms with van der Waals surface area (Å²) in [4.78, 5) is 12.4. The molecule has 1 N–H and O–H groups in total. The first-order valence-electron chi connectivity index (χ1n) is 9.01. The molecule has 7 nitrogen and oxygen atoms in total. The van der Waals surface area contributed by atoms with E-state index in [1.807, 2.05) is 18.2 Å². The van der Waals surface area contributed by atoms with Gasteiger partial charge in [0.15, 0.2) is 0 Å². The molecule has 2 aromatic rings. The number of nitrogens with zero attached hydrogens (tertiary/aromatic N) is 1. The van der Waals surface area contributed by atoms with Gasteiger partial charge in [-0.15, -0.1) is 0 Å². The molecule has 0 heterocycles. The summed E-state index contributed by atoms with van der Waals surface area (Å²) in [5, 5.41) is 2.98. The molecule has 158 valence electrons. The minimum atomic E-state index is -3.89. The van der Waals surface area contributed by atoms with E-state index >= 15 is 0 Å². The van der Waals surface area contributed by atoms with E-state index in [-0.39, 0.29) is 22.5 Å². The molecule has 0 aromatic heterocycles. The van der Waals surface area contributed by atoms with Crippen LogP contribution in [0.3, 0.4) is 0 Å². The monoisotopic (exact) mass is 440 g/mol. The van der Waals surface area contributed by atoms with Crippen molar-refractivity contribution >= 4 is 27.5 Å². The van der Waals surface area contributed by atoms with Gasteiger partial charge in [-0.1, -0.05) is 29.8 Å². The SMILES string of the molecule is CCOc1ccc(S(=O)(=O)N(C)CC(=O)NC(C)c2ccccc2OC)cc1Cl. The van der Waals surface area contributed by atoms with Gasteiger partial charge in [0, 0.05) is 12.6 Å². The Labute approximate surface area is 176 Å². The number of carbonyl (C=O) groups is 1. The zero-order valence-corrected chi connectivity index (χ0v) is 18.4. The van der Waals surface area contributed by atoms with Gasteiger partial charge in [-0.3, -0.25) is 4.79 Å². The predicted octanol–water partition coefficient (Wildman–Crippen LogP) is 3.25. The summed E-state index contributed by atoms with van der Waals surface area (Å²) in [6.45, 7) is 3.68. The summed E-state index contributed by atoms with van der Waals surface area (Å²) < 4.78 is 37.1. The molecule has 2 rings (SSSR count). The van der Waals surface area contributed by atoms with Crippen LogP contribution in [0.5, 0.6) is 11.5 Å². The first-order valence-corrected chi connectivity index (χ1v) is 10.8. The van der Waals surface area contributed by atoms with Gasteiger partial charge in [0.05, 0.1) is 36.2 Å². The number of benzene rings is 2. The highest BCUT2D eigenvalue weighted by Crippen LogP contribution is 2.28. The molecule has 0 aliphatic rings. The van der Waals surface area contributed by atoms with Gasteiger partial charge in [-0.05, 0) is 38.1 Å². The van der Waals surface area contributed by atoms with Crippen LogP contribution in [0, 0.1) is 0 Å². The highest BCUT2D eigenvalue weighted by Gasteiger charge is 2.25. The van der Waals surface area contributed by atoms with Gasteiger partial charge < -0.3 is 14.8 Å². The number of sulfonamides is 1. The number of hydrogen-bond acceptors (Lipinski definition) is 5. The Bertz CT molecular complexity index is 965. The van der Waals surface area contributed by atoms with E-state index in [1.165, 1.54) is 25.2 Å². The van der Waals surface area contributed by atoms with Crippen LogP contribution in [0.4, 0.5) is 0 Å². The van der Waals surface area contributed by atoms with Crippen molar-refractivity contribution in [1.29, 1.82) is 0 Å². The maximum atomic E-state index is 12.8. The number of para-hydroxylation sites is 1. The molecule has 9 heteroatoms. The molecule has 0 spiro atoms. The molecule has 0 bridgehead atoms. The highest BCUT2D eigenvalue weighted by molar-refractivity contribution is 7.89. The minimum absolute atomic E-state index is 0.0148. The summed E-state index contributed by atoms with van der Waals surface area (Å²) in [5.74, 6) is 0.607. The maximum Gasteiger partial charge on any atom is 0.243 e. The molecule has 0 radical (unpaired) electrons. The van der Waals surface area contributed by atoms with Crippen LogP contribution in [-0.2, 0) is 14.8 Å². The van der Waals surface area contributed by atoms with Crippen LogP contribution in [0.1, 0.15) is 25.5 Å². The Hall–Kier alpha value is -2.29. The fourth-order valence-corrected chi connectivity index (χ4v) is 4.22. The molecular formula is C20H25ClN2O5S. The molecule has 0 aliphatic carbocycles. The molecule has 2 aromatic carbocycles. The summed E-state index contributed by atoms with van der Waals surface area (Å²) in [6, 6.07) is 11.2. The normalized spacial score (nSPS) is 12.5. The molecule has 1 amide bonds. The number of amides is 1. The topological polar surface area (TPSA) is 84.9 Å². The van der Waals surface area contributed by atoms with Crippen LogP contribution < -0.4 is 14.8 Å². The minimum Gasteiger partial charge on any atom is -0.496 e. The fourth-order valence-electron chi connectivity index (χ4n) is 2.77. The van der Waals surface area contributed by atoms with E-state index in [4.69, 9.17) is 21.1 Å². The van der Waals surface area contributed by atoms with E-state index < -0.39 is 15.9 Å². The van der Waals surface area contributed by atoms with Crippen LogP contribution in [-0.4, -0.2) is 45.9 Å². The summed E-state index contributed by atoms with van der Waals surface area (Å²) in [6.07, 6.45) is 0. The van der Waals surface area contributed by atoms with Gasteiger partial charge in [0.2, 0.25) is 15.9 Å². The molecule has 0 saturated heterocycles. The molecular weight excluding hydrogens is 416 g/mol. The van der Waals surface area contributed by atoms with E-state index in [0.29, 0.717) is 18.1 Å². The molecule has 1 unspecified atom stereocenters. The number of likely N-dealkylation sites (N-methyl/N-ethyl adjacent to an activating group) is 1. The van der Waals surface area contributed by atoms with Crippen LogP contribution in [0.25, 0.3) is 0 Å². The lowest BCUT2D eigenvalue weighted by molar-refractivity contribution is -0.121. The van der Waals surface area contributed by atoms with E-state index in [2.05, 4.69) is 5.32 Å². The number of halogens is 1. The van der Waals surface area contributed by atoms with Gasteiger partial charge in [-0.25, -0.2) is 8.42 Å². The number of methoxy groups -OCH3 is 1. The van der Waals surface area contributed by atoms with Crippen LogP contribution in [0.2, 0.25) is 5.02 Å². The Morgan fingerprint density at radius 1 is 1.21 bits per heavy atom. The van der Waals surface area contributed by atoms with Gasteiger partial charge in [0.1, 0.15) is 11.5 Å². The Kier molecular flexibility index (Phi) is 7.89. The summed E-state index contributed by atoms with van der Waals surface area (Å²) >= 11 is 6.09. The quantitative estimate of drug-likeness (QED) is 0.647. The van der Waals surface area contributed by atoms with Crippen molar-refractivity contribution in [3.05, 3.63) is 53.1 Å². The second kappa shape index (κ2) is 9.96. The number of rotatable bonds is 9. The second-order valence-corrected chi connectivity index (χ2v) is 8.77. The standard InChI is InChI=1S/C20H25ClN2O5S/c1-5-28-19-11-10-15(12-17(19)21)29(25,26)23(3)13-20(24)22-14(2)16-8-6-7-9-18(16)27-4/h6-12,14H,5,13H2,1-4H3,(H,22,24). The van der Waals surface area contributed by atoms with Gasteiger partial charge in [0.25, 0.3) is 0 Å². The third-order valence-corrected chi connectivity index (χ3v) is 6.36. The first kappa shape index (κ1) is 23.0. The second-order valence-electron chi connectivity index (χ2n) is 6.32. The highest BCUT2D eigenvalue weighted by atomic mass is 35.5. The summed E-state index contributed by atoms with van der Waals surface area (Å²) in [5.41, 5.74) is 0.798. The van der Waals surface area contributed by atoms with Crippen molar-refractivity contribution in [2.45, 2.75) is 24.8 Å². The average Bonchev–Trinajstić information content (AvgIpc) is 2.69. The molecule has 29 heavy (non-hydrogen) atoms. The molecule has 0 aliphatic heterocycles. The smallest absolute Gasteiger partial charge is 0.243 e. The Morgan fingerprint density at radius 3 is 2.52 bits per heavy atom. The zero-order valence-electron chi connectivity index (χ0n) is 16.8. The van der Waals surface area contributed by atoms with Crippen LogP contribution >= 0.6 is 11.6 Å². The van der Waals surface area contributed by atoms with E-state index in [0.717, 1.165) is 9.87 Å². The lowest BCUT2D eigenvalue weighted by Gasteiger charge is -2.21. The lowest BCUT2D eigenvalue weighted by Crippen LogP contribution is -2.39. The van der Waals surface area contributed by atoms with Crippen molar-refractivity contribution < 1.29 is 22.7 Å². The fraction of sp³-hybridized carbons (Fsp3) is 0.350. The van der Waals surface area contributed by atoms with Crippen molar-refractivity contribution in [2.24, 2.45) is 0 Å². The number of ether oxygens (including phenoxy) is 2. The number of carbonyl (C=O) groups excluding carboxylic acids is 1. The average molecular weight is 441 g/mol.